The summed E-state index contributed by atoms with van der Waals surface area (Å²) >= 11 is 0. The van der Waals surface area contributed by atoms with Crippen molar-refractivity contribution in [2.24, 2.45) is 0 Å². The second kappa shape index (κ2) is 3.58. The molecule has 14 heavy (non-hydrogen) atoms. The molecule has 0 amide bonds. The van der Waals surface area contributed by atoms with Crippen LogP contribution in [0.4, 0.5) is 0 Å². The minimum absolute atomic E-state index is 0.887. The van der Waals surface area contributed by atoms with E-state index in [4.69, 9.17) is 4.74 Å². The number of nitrogens with one attached hydrogen (secondary N) is 1. The summed E-state index contributed by atoms with van der Waals surface area (Å²) in [7, 11) is 1.68. The van der Waals surface area contributed by atoms with Crippen LogP contribution in [0.15, 0.2) is 36.5 Å². The number of aromatic nitrogens is 1. The van der Waals surface area contributed by atoms with Crippen LogP contribution in [0.1, 0.15) is 5.56 Å². The molecule has 0 aliphatic heterocycles. The Morgan fingerprint density at radius 3 is 2.29 bits per heavy atom. The molecule has 0 unspecified atom stereocenters. The summed E-state index contributed by atoms with van der Waals surface area (Å²) in [6.07, 6.45) is 1.95. The Morgan fingerprint density at radius 1 is 1.07 bits per heavy atom. The van der Waals surface area contributed by atoms with Gasteiger partial charge in [0.2, 0.25) is 0 Å². The van der Waals surface area contributed by atoms with Crippen molar-refractivity contribution in [3.8, 4) is 17.0 Å². The van der Waals surface area contributed by atoms with Gasteiger partial charge in [-0.1, -0.05) is 0 Å². The highest BCUT2D eigenvalue weighted by atomic mass is 16.5. The Bertz CT molecular complexity index is 414. The first-order valence-corrected chi connectivity index (χ1v) is 4.59. The zero-order chi connectivity index (χ0) is 9.97. The van der Waals surface area contributed by atoms with Gasteiger partial charge in [0, 0.05) is 11.9 Å². The van der Waals surface area contributed by atoms with Gasteiger partial charge in [0.25, 0.3) is 0 Å². The molecule has 0 atom stereocenters. The first-order chi connectivity index (χ1) is 6.81. The first-order valence-electron chi connectivity index (χ1n) is 4.59. The minimum Gasteiger partial charge on any atom is -0.497 e. The van der Waals surface area contributed by atoms with Gasteiger partial charge in [-0.2, -0.15) is 0 Å². The molecular formula is C12H13NO. The molecule has 2 aromatic rings. The van der Waals surface area contributed by atoms with Crippen LogP contribution in [0.25, 0.3) is 11.3 Å². The lowest BCUT2D eigenvalue weighted by molar-refractivity contribution is 0.415. The third kappa shape index (κ3) is 1.51. The molecule has 0 aliphatic carbocycles. The molecule has 2 heteroatoms. The Hall–Kier alpha value is -1.70. The molecule has 72 valence electrons. The average Bonchev–Trinajstić information content (AvgIpc) is 2.65. The van der Waals surface area contributed by atoms with Gasteiger partial charge in [-0.15, -0.1) is 0 Å². The molecule has 0 fully saturated rings. The van der Waals surface area contributed by atoms with Crippen LogP contribution in [0.5, 0.6) is 5.75 Å². The van der Waals surface area contributed by atoms with Crippen LogP contribution in [0.3, 0.4) is 0 Å². The third-order valence-electron chi connectivity index (χ3n) is 2.33. The lowest BCUT2D eigenvalue weighted by atomic mass is 10.1. The van der Waals surface area contributed by atoms with Crippen molar-refractivity contribution in [2.75, 3.05) is 7.11 Å². The smallest absolute Gasteiger partial charge is 0.118 e. The molecule has 0 aliphatic rings. The minimum atomic E-state index is 0.887. The van der Waals surface area contributed by atoms with E-state index >= 15 is 0 Å². The van der Waals surface area contributed by atoms with E-state index in [1.165, 1.54) is 16.8 Å². The Labute approximate surface area is 83.5 Å². The van der Waals surface area contributed by atoms with E-state index in [1.807, 2.05) is 18.3 Å². The number of methoxy groups -OCH3 is 1. The van der Waals surface area contributed by atoms with E-state index in [2.05, 4.69) is 30.1 Å². The Morgan fingerprint density at radius 2 is 1.79 bits per heavy atom. The predicted octanol–water partition coefficient (Wildman–Crippen LogP) is 3.00. The molecule has 1 heterocycles. The molecule has 1 N–H and O–H groups in total. The van der Waals surface area contributed by atoms with E-state index in [0.717, 1.165) is 5.75 Å². The molecule has 0 saturated carbocycles. The molecule has 1 aromatic carbocycles. The van der Waals surface area contributed by atoms with Crippen molar-refractivity contribution in [3.63, 3.8) is 0 Å². The molecule has 1 aromatic heterocycles. The normalized spacial score (nSPS) is 10.1. The number of hydrogen-bond acceptors (Lipinski definition) is 1. The number of aryl methyl sites for hydroxylation is 1. The molecule has 2 rings (SSSR count). The molecule has 0 spiro atoms. The highest BCUT2D eigenvalue weighted by Crippen LogP contribution is 2.23. The van der Waals surface area contributed by atoms with Crippen molar-refractivity contribution < 1.29 is 4.74 Å². The van der Waals surface area contributed by atoms with Crippen LogP contribution in [-0.2, 0) is 0 Å². The second-order valence-corrected chi connectivity index (χ2v) is 3.26. The maximum Gasteiger partial charge on any atom is 0.118 e. The summed E-state index contributed by atoms with van der Waals surface area (Å²) in [5.74, 6) is 0.887. The van der Waals surface area contributed by atoms with Crippen molar-refractivity contribution in [1.29, 1.82) is 0 Å². The van der Waals surface area contributed by atoms with Crippen molar-refractivity contribution in [1.82, 2.24) is 4.98 Å². The van der Waals surface area contributed by atoms with Crippen molar-refractivity contribution >= 4 is 0 Å². The number of aromatic amines is 1. The van der Waals surface area contributed by atoms with Crippen molar-refractivity contribution in [2.45, 2.75) is 6.92 Å². The fourth-order valence-electron chi connectivity index (χ4n) is 1.52. The fraction of sp³-hybridized carbons (Fsp3) is 0.167. The highest BCUT2D eigenvalue weighted by molar-refractivity contribution is 5.63. The Kier molecular flexibility index (Phi) is 2.27. The van der Waals surface area contributed by atoms with E-state index in [1.54, 1.807) is 7.11 Å². The van der Waals surface area contributed by atoms with Gasteiger partial charge in [0.1, 0.15) is 5.75 Å². The summed E-state index contributed by atoms with van der Waals surface area (Å²) in [5, 5.41) is 0. The van der Waals surface area contributed by atoms with E-state index in [0.29, 0.717) is 0 Å². The average molecular weight is 187 g/mol. The maximum atomic E-state index is 5.11. The number of benzene rings is 1. The summed E-state index contributed by atoms with van der Waals surface area (Å²) < 4.78 is 5.11. The monoisotopic (exact) mass is 187 g/mol. The number of hydrogen-bond donors (Lipinski definition) is 1. The summed E-state index contributed by atoms with van der Waals surface area (Å²) in [4.78, 5) is 3.22. The Balaban J connectivity index is 2.39. The number of H-pyrrole nitrogens is 1. The number of rotatable bonds is 2. The van der Waals surface area contributed by atoms with Gasteiger partial charge in [0.05, 0.1) is 7.11 Å². The zero-order valence-electron chi connectivity index (χ0n) is 8.37. The highest BCUT2D eigenvalue weighted by Gasteiger charge is 2.01. The van der Waals surface area contributed by atoms with Crippen LogP contribution in [0, 0.1) is 6.92 Å². The zero-order valence-corrected chi connectivity index (χ0v) is 8.37. The molecule has 0 bridgehead atoms. The van der Waals surface area contributed by atoms with Crippen LogP contribution >= 0.6 is 0 Å². The van der Waals surface area contributed by atoms with Crippen LogP contribution in [-0.4, -0.2) is 12.1 Å². The SMILES string of the molecule is COc1ccc(-c2[nH]ccc2C)cc1. The van der Waals surface area contributed by atoms with E-state index in [-0.39, 0.29) is 0 Å². The summed E-state index contributed by atoms with van der Waals surface area (Å²) in [5.41, 5.74) is 3.62. The first kappa shape index (κ1) is 8.88. The van der Waals surface area contributed by atoms with Gasteiger partial charge < -0.3 is 9.72 Å². The predicted molar refractivity (Wildman–Crippen MR) is 57.5 cm³/mol. The lowest BCUT2D eigenvalue weighted by Crippen LogP contribution is -1.83. The molecule has 2 nitrogen and oxygen atoms in total. The standard InChI is InChI=1S/C12H13NO/c1-9-7-8-13-12(9)10-3-5-11(14-2)6-4-10/h3-8,13H,1-2H3. The quantitative estimate of drug-likeness (QED) is 0.768. The van der Waals surface area contributed by atoms with E-state index in [9.17, 15) is 0 Å². The number of ether oxygens (including phenoxy) is 1. The second-order valence-electron chi connectivity index (χ2n) is 3.26. The fourth-order valence-corrected chi connectivity index (χ4v) is 1.52. The van der Waals surface area contributed by atoms with Crippen LogP contribution in [0.2, 0.25) is 0 Å². The van der Waals surface area contributed by atoms with Crippen LogP contribution < -0.4 is 4.74 Å². The largest absolute Gasteiger partial charge is 0.497 e. The topological polar surface area (TPSA) is 25.0 Å². The third-order valence-corrected chi connectivity index (χ3v) is 2.33. The molecule has 0 saturated heterocycles. The molecular weight excluding hydrogens is 174 g/mol. The summed E-state index contributed by atoms with van der Waals surface area (Å²) in [6.45, 7) is 2.09. The van der Waals surface area contributed by atoms with Gasteiger partial charge >= 0.3 is 0 Å². The van der Waals surface area contributed by atoms with Crippen molar-refractivity contribution in [3.05, 3.63) is 42.1 Å². The molecule has 0 radical (unpaired) electrons. The van der Waals surface area contributed by atoms with Gasteiger partial charge in [0.15, 0.2) is 0 Å². The summed E-state index contributed by atoms with van der Waals surface area (Å²) in [6, 6.07) is 10.1. The van der Waals surface area contributed by atoms with Gasteiger partial charge in [-0.3, -0.25) is 0 Å². The lowest BCUT2D eigenvalue weighted by Gasteiger charge is -2.02. The maximum absolute atomic E-state index is 5.11. The van der Waals surface area contributed by atoms with Gasteiger partial charge in [-0.25, -0.2) is 0 Å². The van der Waals surface area contributed by atoms with E-state index < -0.39 is 0 Å². The van der Waals surface area contributed by atoms with Gasteiger partial charge in [-0.05, 0) is 48.4 Å².